The van der Waals surface area contributed by atoms with Crippen LogP contribution in [-0.4, -0.2) is 57.1 Å². The molecule has 0 unspecified atom stereocenters. The summed E-state index contributed by atoms with van der Waals surface area (Å²) in [6, 6.07) is 10.6. The summed E-state index contributed by atoms with van der Waals surface area (Å²) < 4.78 is 31.5. The van der Waals surface area contributed by atoms with E-state index in [1.54, 1.807) is 43.3 Å². The second-order valence-electron chi connectivity index (χ2n) is 8.91. The van der Waals surface area contributed by atoms with Crippen LogP contribution in [0.15, 0.2) is 42.5 Å². The molecular formula is C25H31Cl2N3O5S. The lowest BCUT2D eigenvalue weighted by Crippen LogP contribution is -2.52. The average molecular weight is 557 g/mol. The number of ether oxygens (including phenoxy) is 1. The lowest BCUT2D eigenvalue weighted by Gasteiger charge is -2.32. The molecule has 1 fully saturated rings. The highest BCUT2D eigenvalue weighted by Gasteiger charge is 2.31. The number of hydrogen-bond acceptors (Lipinski definition) is 5. The van der Waals surface area contributed by atoms with Gasteiger partial charge in [0.15, 0.2) is 0 Å². The first kappa shape index (κ1) is 28.1. The predicted molar refractivity (Wildman–Crippen MR) is 142 cm³/mol. The first-order valence-electron chi connectivity index (χ1n) is 11.6. The van der Waals surface area contributed by atoms with Gasteiger partial charge >= 0.3 is 0 Å². The van der Waals surface area contributed by atoms with Crippen LogP contribution in [-0.2, 0) is 26.2 Å². The molecule has 8 nitrogen and oxygen atoms in total. The molecule has 11 heteroatoms. The number of methoxy groups -OCH3 is 1. The lowest BCUT2D eigenvalue weighted by atomic mass is 10.1. The van der Waals surface area contributed by atoms with E-state index in [0.717, 1.165) is 36.2 Å². The summed E-state index contributed by atoms with van der Waals surface area (Å²) in [5.41, 5.74) is 0.938. The van der Waals surface area contributed by atoms with E-state index < -0.39 is 28.5 Å². The van der Waals surface area contributed by atoms with Gasteiger partial charge in [0.2, 0.25) is 21.8 Å². The first-order chi connectivity index (χ1) is 17.0. The molecule has 1 saturated carbocycles. The van der Waals surface area contributed by atoms with E-state index in [-0.39, 0.29) is 24.2 Å². The van der Waals surface area contributed by atoms with E-state index in [4.69, 9.17) is 27.9 Å². The van der Waals surface area contributed by atoms with Crippen LogP contribution in [0.5, 0.6) is 5.75 Å². The van der Waals surface area contributed by atoms with Crippen LogP contribution < -0.4 is 14.4 Å². The Morgan fingerprint density at radius 3 is 2.42 bits per heavy atom. The SMILES string of the molecule is COc1cccc(N(CC(=O)N(Cc2ccc(Cl)c(Cl)c2)[C@H](C)C(=O)NC2CCCC2)S(C)(=O)=O)c1. The highest BCUT2D eigenvalue weighted by Crippen LogP contribution is 2.26. The summed E-state index contributed by atoms with van der Waals surface area (Å²) in [7, 11) is -2.36. The van der Waals surface area contributed by atoms with Crippen molar-refractivity contribution in [3.63, 3.8) is 0 Å². The standard InChI is InChI=1S/C25H31Cl2N3O5S/c1-17(25(32)28-19-7-4-5-8-19)29(15-18-11-12-22(26)23(27)13-18)24(31)16-30(36(3,33)34)20-9-6-10-21(14-20)35-2/h6,9-14,17,19H,4-5,7-8,15-16H2,1-3H3,(H,28,32)/t17-/m1/s1. The highest BCUT2D eigenvalue weighted by atomic mass is 35.5. The molecule has 2 amide bonds. The zero-order chi connectivity index (χ0) is 26.5. The van der Waals surface area contributed by atoms with Gasteiger partial charge in [-0.05, 0) is 49.6 Å². The van der Waals surface area contributed by atoms with Gasteiger partial charge in [0.05, 0.1) is 29.1 Å². The van der Waals surface area contributed by atoms with Gasteiger partial charge in [-0.3, -0.25) is 13.9 Å². The molecule has 0 aliphatic heterocycles. The number of benzene rings is 2. The van der Waals surface area contributed by atoms with E-state index in [2.05, 4.69) is 5.32 Å². The third-order valence-corrected chi connectivity index (χ3v) is 8.11. The fourth-order valence-electron chi connectivity index (χ4n) is 4.19. The Balaban J connectivity index is 1.90. The van der Waals surface area contributed by atoms with Crippen LogP contribution >= 0.6 is 23.2 Å². The Hall–Kier alpha value is -2.49. The van der Waals surface area contributed by atoms with Crippen LogP contribution in [0.3, 0.4) is 0 Å². The molecule has 2 aromatic carbocycles. The number of rotatable bonds is 10. The van der Waals surface area contributed by atoms with Crippen molar-refractivity contribution in [3.8, 4) is 5.75 Å². The van der Waals surface area contributed by atoms with Gasteiger partial charge in [0.25, 0.3) is 0 Å². The maximum Gasteiger partial charge on any atom is 0.244 e. The zero-order valence-electron chi connectivity index (χ0n) is 20.5. The molecule has 1 N–H and O–H groups in total. The minimum atomic E-state index is -3.83. The number of amides is 2. The number of anilines is 1. The fraction of sp³-hybridized carbons (Fsp3) is 0.440. The van der Waals surface area contributed by atoms with Gasteiger partial charge in [-0.15, -0.1) is 0 Å². The number of nitrogens with zero attached hydrogens (tertiary/aromatic N) is 2. The van der Waals surface area contributed by atoms with Gasteiger partial charge in [-0.25, -0.2) is 8.42 Å². The number of sulfonamides is 1. The van der Waals surface area contributed by atoms with Gasteiger partial charge in [0, 0.05) is 18.7 Å². The first-order valence-corrected chi connectivity index (χ1v) is 14.3. The summed E-state index contributed by atoms with van der Waals surface area (Å²) in [6.45, 7) is 1.19. The molecule has 0 aromatic heterocycles. The summed E-state index contributed by atoms with van der Waals surface area (Å²) in [4.78, 5) is 28.1. The van der Waals surface area contributed by atoms with Crippen molar-refractivity contribution >= 4 is 50.7 Å². The molecule has 3 rings (SSSR count). The monoisotopic (exact) mass is 555 g/mol. The van der Waals surface area contributed by atoms with E-state index in [9.17, 15) is 18.0 Å². The van der Waals surface area contributed by atoms with Gasteiger partial charge in [-0.2, -0.15) is 0 Å². The maximum absolute atomic E-state index is 13.6. The van der Waals surface area contributed by atoms with Gasteiger partial charge in [0.1, 0.15) is 18.3 Å². The Morgan fingerprint density at radius 2 is 1.81 bits per heavy atom. The number of carbonyl (C=O) groups excluding carboxylic acids is 2. The molecule has 36 heavy (non-hydrogen) atoms. The smallest absolute Gasteiger partial charge is 0.244 e. The van der Waals surface area contributed by atoms with Crippen molar-refractivity contribution in [2.75, 3.05) is 24.2 Å². The van der Waals surface area contributed by atoms with Crippen molar-refractivity contribution in [3.05, 3.63) is 58.1 Å². The minimum Gasteiger partial charge on any atom is -0.497 e. The Morgan fingerprint density at radius 1 is 1.11 bits per heavy atom. The summed E-state index contributed by atoms with van der Waals surface area (Å²) in [6.07, 6.45) is 4.93. The van der Waals surface area contributed by atoms with Crippen LogP contribution in [0.25, 0.3) is 0 Å². The topological polar surface area (TPSA) is 96.0 Å². The van der Waals surface area contributed by atoms with Crippen LogP contribution in [0.1, 0.15) is 38.2 Å². The molecule has 1 aliphatic carbocycles. The van der Waals surface area contributed by atoms with E-state index in [1.807, 2.05) is 0 Å². The van der Waals surface area contributed by atoms with E-state index >= 15 is 0 Å². The van der Waals surface area contributed by atoms with E-state index in [1.165, 1.54) is 18.1 Å². The van der Waals surface area contributed by atoms with Crippen molar-refractivity contribution in [2.24, 2.45) is 0 Å². The minimum absolute atomic E-state index is 0.0463. The summed E-state index contributed by atoms with van der Waals surface area (Å²) >= 11 is 12.2. The van der Waals surface area contributed by atoms with E-state index in [0.29, 0.717) is 21.4 Å². The van der Waals surface area contributed by atoms with Crippen LogP contribution in [0, 0.1) is 0 Å². The predicted octanol–water partition coefficient (Wildman–Crippen LogP) is 4.24. The largest absolute Gasteiger partial charge is 0.497 e. The quantitative estimate of drug-likeness (QED) is 0.472. The Kier molecular flexibility index (Phi) is 9.49. The van der Waals surface area contributed by atoms with Gasteiger partial charge < -0.3 is 15.0 Å². The molecule has 196 valence electrons. The maximum atomic E-state index is 13.6. The Labute approximate surface area is 222 Å². The number of nitrogens with one attached hydrogen (secondary N) is 1. The molecule has 0 heterocycles. The van der Waals surface area contributed by atoms with Crippen molar-refractivity contribution < 1.29 is 22.7 Å². The third kappa shape index (κ3) is 7.27. The molecule has 2 aromatic rings. The Bertz CT molecular complexity index is 1200. The van der Waals surface area contributed by atoms with Crippen LogP contribution in [0.2, 0.25) is 10.0 Å². The summed E-state index contributed by atoms with van der Waals surface area (Å²) in [5.74, 6) is -0.378. The zero-order valence-corrected chi connectivity index (χ0v) is 22.9. The van der Waals surface area contributed by atoms with Crippen molar-refractivity contribution in [1.29, 1.82) is 0 Å². The molecule has 0 spiro atoms. The molecule has 0 radical (unpaired) electrons. The number of halogens is 2. The van der Waals surface area contributed by atoms with Crippen molar-refractivity contribution in [2.45, 2.75) is 51.2 Å². The average Bonchev–Trinajstić information content (AvgIpc) is 3.35. The van der Waals surface area contributed by atoms with Crippen molar-refractivity contribution in [1.82, 2.24) is 10.2 Å². The lowest BCUT2D eigenvalue weighted by molar-refractivity contribution is -0.139. The molecule has 1 aliphatic rings. The van der Waals surface area contributed by atoms with Crippen LogP contribution in [0.4, 0.5) is 5.69 Å². The second-order valence-corrected chi connectivity index (χ2v) is 11.6. The fourth-order valence-corrected chi connectivity index (χ4v) is 5.35. The second kappa shape index (κ2) is 12.2. The summed E-state index contributed by atoms with van der Waals surface area (Å²) in [5, 5.41) is 3.71. The third-order valence-electron chi connectivity index (χ3n) is 6.23. The number of hydrogen-bond donors (Lipinski definition) is 1. The normalized spacial score (nSPS) is 14.8. The number of carbonyl (C=O) groups is 2. The molecule has 0 bridgehead atoms. The highest BCUT2D eigenvalue weighted by molar-refractivity contribution is 7.92. The van der Waals surface area contributed by atoms with Gasteiger partial charge in [-0.1, -0.05) is 48.2 Å². The molecular weight excluding hydrogens is 525 g/mol. The molecule has 1 atom stereocenters. The molecule has 0 saturated heterocycles.